The van der Waals surface area contributed by atoms with Gasteiger partial charge in [-0.05, 0) is 26.3 Å². The minimum Gasteiger partial charge on any atom is -0.462 e. The van der Waals surface area contributed by atoms with Crippen molar-refractivity contribution < 1.29 is 18.4 Å². The summed E-state index contributed by atoms with van der Waals surface area (Å²) in [6.45, 7) is 9.90. The van der Waals surface area contributed by atoms with E-state index in [1.54, 1.807) is 21.1 Å². The van der Waals surface area contributed by atoms with Crippen LogP contribution in [0.15, 0.2) is 12.2 Å². The highest BCUT2D eigenvalue weighted by atomic mass is 28.4. The van der Waals surface area contributed by atoms with E-state index in [1.165, 1.54) is 12.8 Å². The van der Waals surface area contributed by atoms with Gasteiger partial charge in [0.2, 0.25) is 0 Å². The maximum Gasteiger partial charge on any atom is 0.337 e. The largest absolute Gasteiger partial charge is 0.462 e. The smallest absolute Gasteiger partial charge is 0.337 e. The molecule has 0 amide bonds. The number of hydrogen-bond donors (Lipinski definition) is 0. The van der Waals surface area contributed by atoms with E-state index in [9.17, 15) is 4.79 Å². The van der Waals surface area contributed by atoms with E-state index in [2.05, 4.69) is 20.0 Å². The summed E-state index contributed by atoms with van der Waals surface area (Å²) < 4.78 is 16.5. The van der Waals surface area contributed by atoms with Crippen molar-refractivity contribution in [3.63, 3.8) is 0 Å². The van der Waals surface area contributed by atoms with Gasteiger partial charge in [0.15, 0.2) is 0 Å². The van der Waals surface area contributed by atoms with Gasteiger partial charge in [-0.15, -0.1) is 0 Å². The van der Waals surface area contributed by atoms with E-state index in [-0.39, 0.29) is 5.97 Å². The number of esters is 1. The van der Waals surface area contributed by atoms with Crippen LogP contribution < -0.4 is 0 Å². The lowest BCUT2D eigenvalue weighted by Gasteiger charge is -2.32. The molecule has 20 heavy (non-hydrogen) atoms. The third kappa shape index (κ3) is 6.68. The van der Waals surface area contributed by atoms with Crippen LogP contribution in [0, 0.1) is 0 Å². The van der Waals surface area contributed by atoms with Crippen molar-refractivity contribution in [2.45, 2.75) is 58.0 Å². The Morgan fingerprint density at radius 2 is 1.80 bits per heavy atom. The van der Waals surface area contributed by atoms with E-state index in [1.807, 2.05) is 0 Å². The van der Waals surface area contributed by atoms with Crippen molar-refractivity contribution in [2.75, 3.05) is 20.8 Å². The molecule has 0 spiro atoms. The van der Waals surface area contributed by atoms with Gasteiger partial charge < -0.3 is 13.6 Å². The Morgan fingerprint density at radius 1 is 1.20 bits per heavy atom. The number of ether oxygens (including phenoxy) is 1. The van der Waals surface area contributed by atoms with E-state index in [0.29, 0.717) is 17.7 Å². The van der Waals surface area contributed by atoms with Gasteiger partial charge in [-0.25, -0.2) is 4.79 Å². The van der Waals surface area contributed by atoms with Crippen molar-refractivity contribution >= 4 is 14.5 Å². The van der Waals surface area contributed by atoms with Gasteiger partial charge >= 0.3 is 14.5 Å². The Balaban J connectivity index is 4.45. The molecule has 0 N–H and O–H groups in total. The zero-order valence-electron chi connectivity index (χ0n) is 13.7. The molecule has 0 fully saturated rings. The summed E-state index contributed by atoms with van der Waals surface area (Å²) in [4.78, 5) is 11.4. The van der Waals surface area contributed by atoms with Crippen LogP contribution in [0.25, 0.3) is 0 Å². The molecule has 0 aromatic carbocycles. The minimum atomic E-state index is -2.19. The topological polar surface area (TPSA) is 44.8 Å². The zero-order chi connectivity index (χ0) is 15.6. The third-order valence-electron chi connectivity index (χ3n) is 3.76. The highest BCUT2D eigenvalue weighted by molar-refractivity contribution is 6.67. The second-order valence-corrected chi connectivity index (χ2v) is 8.99. The maximum absolute atomic E-state index is 11.4. The van der Waals surface area contributed by atoms with Crippen LogP contribution in [0.3, 0.4) is 0 Å². The molecule has 0 radical (unpaired) electrons. The average Bonchev–Trinajstić information content (AvgIpc) is 2.44. The first-order valence-corrected chi connectivity index (χ1v) is 9.73. The number of hydrogen-bond acceptors (Lipinski definition) is 4. The summed E-state index contributed by atoms with van der Waals surface area (Å²) in [5, 5.41) is 0. The van der Waals surface area contributed by atoms with Crippen molar-refractivity contribution in [2.24, 2.45) is 0 Å². The monoisotopic (exact) mass is 302 g/mol. The summed E-state index contributed by atoms with van der Waals surface area (Å²) in [5.74, 6) is -0.324. The number of carbonyl (C=O) groups excluding carboxylic acids is 1. The predicted octanol–water partition coefficient (Wildman–Crippen LogP) is 3.81. The molecule has 0 rings (SSSR count). The first kappa shape index (κ1) is 19.3. The molecule has 4 nitrogen and oxygen atoms in total. The molecule has 0 aromatic rings. The van der Waals surface area contributed by atoms with E-state index < -0.39 is 8.56 Å². The highest BCUT2D eigenvalue weighted by Crippen LogP contribution is 2.32. The number of rotatable bonds is 11. The molecule has 1 unspecified atom stereocenters. The van der Waals surface area contributed by atoms with Crippen LogP contribution in [0.2, 0.25) is 12.1 Å². The number of carbonyl (C=O) groups is 1. The molecular formula is C15H30O4Si. The molecule has 1 atom stereocenters. The summed E-state index contributed by atoms with van der Waals surface area (Å²) in [6, 6.07) is 0. The van der Waals surface area contributed by atoms with Gasteiger partial charge in [0, 0.05) is 25.3 Å². The van der Waals surface area contributed by atoms with Crippen molar-refractivity contribution in [3.8, 4) is 0 Å². The second kappa shape index (κ2) is 10.1. The molecule has 118 valence electrons. The Kier molecular flexibility index (Phi) is 9.80. The molecule has 5 heteroatoms. The molecule has 0 aliphatic carbocycles. The lowest BCUT2D eigenvalue weighted by atomic mass is 10.1. The molecular weight excluding hydrogens is 272 g/mol. The average molecular weight is 302 g/mol. The Bertz CT molecular complexity index is 300. The fourth-order valence-corrected chi connectivity index (χ4v) is 4.35. The standard InChI is InChI=1S/C15H30O4Si/c1-7-8-9-10-14(20(6,17-4)18-5)11-12-19-15(16)13(2)3/h14H,2,7-12H2,1,3-6H3. The Hall–Kier alpha value is -0.653. The van der Waals surface area contributed by atoms with E-state index >= 15 is 0 Å². The summed E-state index contributed by atoms with van der Waals surface area (Å²) in [6.07, 6.45) is 5.40. The molecule has 0 saturated heterocycles. The van der Waals surface area contributed by atoms with Gasteiger partial charge in [0.25, 0.3) is 0 Å². The van der Waals surface area contributed by atoms with Gasteiger partial charge in [0.05, 0.1) is 6.61 Å². The summed E-state index contributed by atoms with van der Waals surface area (Å²) >= 11 is 0. The van der Waals surface area contributed by atoms with Gasteiger partial charge in [-0.3, -0.25) is 0 Å². The maximum atomic E-state index is 11.4. The van der Waals surface area contributed by atoms with Crippen LogP contribution in [0.5, 0.6) is 0 Å². The molecule has 0 aliphatic rings. The van der Waals surface area contributed by atoms with E-state index in [0.717, 1.165) is 19.3 Å². The second-order valence-electron chi connectivity index (χ2n) is 5.32. The zero-order valence-corrected chi connectivity index (χ0v) is 14.7. The summed E-state index contributed by atoms with van der Waals surface area (Å²) in [7, 11) is 1.23. The normalized spacial score (nSPS) is 13.1. The predicted molar refractivity (Wildman–Crippen MR) is 83.9 cm³/mol. The quantitative estimate of drug-likeness (QED) is 0.252. The van der Waals surface area contributed by atoms with Gasteiger partial charge in [-0.2, -0.15) is 0 Å². The first-order valence-electron chi connectivity index (χ1n) is 7.34. The fourth-order valence-electron chi connectivity index (χ4n) is 2.14. The number of unbranched alkanes of at least 4 members (excludes halogenated alkanes) is 2. The molecule has 0 bridgehead atoms. The van der Waals surface area contributed by atoms with Crippen LogP contribution in [0.1, 0.15) is 46.0 Å². The van der Waals surface area contributed by atoms with Crippen molar-refractivity contribution in [3.05, 3.63) is 12.2 Å². The van der Waals surface area contributed by atoms with E-state index in [4.69, 9.17) is 13.6 Å². The lowest BCUT2D eigenvalue weighted by Crippen LogP contribution is -2.42. The van der Waals surface area contributed by atoms with Crippen LogP contribution >= 0.6 is 0 Å². The van der Waals surface area contributed by atoms with Crippen LogP contribution in [-0.4, -0.2) is 35.4 Å². The highest BCUT2D eigenvalue weighted by Gasteiger charge is 2.38. The molecule has 0 heterocycles. The molecule has 0 aromatic heterocycles. The van der Waals surface area contributed by atoms with Crippen molar-refractivity contribution in [1.29, 1.82) is 0 Å². The first-order chi connectivity index (χ1) is 9.41. The van der Waals surface area contributed by atoms with Gasteiger partial charge in [-0.1, -0.05) is 32.8 Å². The lowest BCUT2D eigenvalue weighted by molar-refractivity contribution is -0.139. The SMILES string of the molecule is C=C(C)C(=O)OCCC(CCCCC)[Si](C)(OC)OC. The van der Waals surface area contributed by atoms with Gasteiger partial charge in [0.1, 0.15) is 0 Å². The summed E-state index contributed by atoms with van der Waals surface area (Å²) in [5.41, 5.74) is 0.771. The van der Waals surface area contributed by atoms with Crippen LogP contribution in [0.4, 0.5) is 0 Å². The fraction of sp³-hybridized carbons (Fsp3) is 0.800. The minimum absolute atomic E-state index is 0.324. The third-order valence-corrected chi connectivity index (χ3v) is 7.44. The molecule has 0 aliphatic heterocycles. The van der Waals surface area contributed by atoms with Crippen LogP contribution in [-0.2, 0) is 18.4 Å². The van der Waals surface area contributed by atoms with Crippen molar-refractivity contribution in [1.82, 2.24) is 0 Å². The Morgan fingerprint density at radius 3 is 2.25 bits per heavy atom. The Labute approximate surface area is 124 Å². The molecule has 0 saturated carbocycles.